The number of pyridine rings is 1. The molecule has 0 unspecified atom stereocenters. The first-order chi connectivity index (χ1) is 15.7. The number of hydrogen-bond donors (Lipinski definition) is 2. The molecule has 1 saturated heterocycles. The maximum Gasteiger partial charge on any atom is 0.417 e. The second-order valence-corrected chi connectivity index (χ2v) is 7.33. The van der Waals surface area contributed by atoms with Gasteiger partial charge < -0.3 is 20.2 Å². The highest BCUT2D eigenvalue weighted by atomic mass is 35.5. The molecule has 4 rings (SSSR count). The normalized spacial score (nSPS) is 15.7. The standard InChI is InChI=1S/C22H18F3N3O5.ClH/c23-22(24,25)17-4-2-1-3-15(17)18-7-12-5-6-13(8-16(12)20(30)27-18)28-10-14(33-21(28)31)11-32-19(29)9-26;/h1-8,14H,9-11,26H2,(H,27,30);1H/t14-;/m1./s1. The number of nitrogens with one attached hydrogen (secondary N) is 1. The summed E-state index contributed by atoms with van der Waals surface area (Å²) in [5.74, 6) is -0.635. The van der Waals surface area contributed by atoms with Gasteiger partial charge in [0.05, 0.1) is 18.7 Å². The molecule has 2 heterocycles. The Labute approximate surface area is 196 Å². The molecule has 8 nitrogen and oxygen atoms in total. The summed E-state index contributed by atoms with van der Waals surface area (Å²) in [5, 5.41) is 0.585. The van der Waals surface area contributed by atoms with Gasteiger partial charge in [0.25, 0.3) is 5.56 Å². The fourth-order valence-corrected chi connectivity index (χ4v) is 3.59. The lowest BCUT2D eigenvalue weighted by atomic mass is 10.0. The third-order valence-corrected chi connectivity index (χ3v) is 5.13. The van der Waals surface area contributed by atoms with Crippen LogP contribution in [-0.4, -0.2) is 42.8 Å². The SMILES string of the molecule is Cl.NCC(=O)OC[C@H]1CN(c2ccc3cc(-c4ccccc4C(F)(F)F)[nH]c(=O)c3c2)C(=O)O1. The van der Waals surface area contributed by atoms with Crippen LogP contribution in [0.3, 0.4) is 0 Å². The van der Waals surface area contributed by atoms with E-state index in [4.69, 9.17) is 15.2 Å². The molecule has 1 fully saturated rings. The molecule has 1 aromatic heterocycles. The number of benzene rings is 2. The van der Waals surface area contributed by atoms with Crippen LogP contribution >= 0.6 is 12.4 Å². The van der Waals surface area contributed by atoms with E-state index >= 15 is 0 Å². The zero-order valence-corrected chi connectivity index (χ0v) is 18.2. The number of alkyl halides is 3. The lowest BCUT2D eigenvalue weighted by Crippen LogP contribution is -2.28. The molecule has 34 heavy (non-hydrogen) atoms. The zero-order chi connectivity index (χ0) is 23.8. The summed E-state index contributed by atoms with van der Waals surface area (Å²) < 4.78 is 50.2. The van der Waals surface area contributed by atoms with Gasteiger partial charge in [0, 0.05) is 22.3 Å². The van der Waals surface area contributed by atoms with Gasteiger partial charge in [-0.1, -0.05) is 24.3 Å². The fraction of sp³-hybridized carbons (Fsp3) is 0.227. The summed E-state index contributed by atoms with van der Waals surface area (Å²) in [6, 6.07) is 10.9. The lowest BCUT2D eigenvalue weighted by Gasteiger charge is -2.15. The van der Waals surface area contributed by atoms with E-state index in [0.29, 0.717) is 11.1 Å². The van der Waals surface area contributed by atoms with Crippen LogP contribution in [0.25, 0.3) is 22.0 Å². The maximum atomic E-state index is 13.4. The minimum Gasteiger partial charge on any atom is -0.461 e. The van der Waals surface area contributed by atoms with Gasteiger partial charge in [-0.2, -0.15) is 13.2 Å². The van der Waals surface area contributed by atoms with Gasteiger partial charge in [-0.3, -0.25) is 14.5 Å². The van der Waals surface area contributed by atoms with Gasteiger partial charge >= 0.3 is 18.2 Å². The minimum atomic E-state index is -4.59. The van der Waals surface area contributed by atoms with E-state index in [1.807, 2.05) is 0 Å². The topological polar surface area (TPSA) is 115 Å². The van der Waals surface area contributed by atoms with E-state index in [9.17, 15) is 27.6 Å². The Hall–Kier alpha value is -3.57. The number of carbonyl (C=O) groups is 2. The molecule has 0 saturated carbocycles. The zero-order valence-electron chi connectivity index (χ0n) is 17.4. The van der Waals surface area contributed by atoms with Crippen molar-refractivity contribution >= 4 is 40.9 Å². The van der Waals surface area contributed by atoms with Crippen LogP contribution < -0.4 is 16.2 Å². The van der Waals surface area contributed by atoms with Crippen molar-refractivity contribution in [2.45, 2.75) is 12.3 Å². The Balaban J connectivity index is 0.00000324. The Bertz CT molecular complexity index is 1290. The first kappa shape index (κ1) is 25.1. The summed E-state index contributed by atoms with van der Waals surface area (Å²) in [4.78, 5) is 39.9. The van der Waals surface area contributed by atoms with E-state index in [2.05, 4.69) is 4.98 Å². The molecular weight excluding hydrogens is 479 g/mol. The van der Waals surface area contributed by atoms with Crippen LogP contribution in [-0.2, 0) is 20.4 Å². The summed E-state index contributed by atoms with van der Waals surface area (Å²) in [6.07, 6.45) is -5.98. The van der Waals surface area contributed by atoms with E-state index < -0.39 is 35.5 Å². The number of rotatable bonds is 5. The fourth-order valence-electron chi connectivity index (χ4n) is 3.59. The Kier molecular flexibility index (Phi) is 7.18. The average molecular weight is 498 g/mol. The molecule has 1 aliphatic rings. The Morgan fingerprint density at radius 1 is 1.18 bits per heavy atom. The van der Waals surface area contributed by atoms with Crippen molar-refractivity contribution in [3.8, 4) is 11.3 Å². The number of aromatic amines is 1. The summed E-state index contributed by atoms with van der Waals surface area (Å²) >= 11 is 0. The highest BCUT2D eigenvalue weighted by Gasteiger charge is 2.34. The molecule has 0 spiro atoms. The minimum absolute atomic E-state index is 0. The van der Waals surface area contributed by atoms with Crippen LogP contribution in [0.2, 0.25) is 0 Å². The molecule has 2 aromatic carbocycles. The molecule has 1 atom stereocenters. The Morgan fingerprint density at radius 2 is 1.91 bits per heavy atom. The monoisotopic (exact) mass is 497 g/mol. The van der Waals surface area contributed by atoms with Crippen LogP contribution in [0.15, 0.2) is 53.3 Å². The number of H-pyrrole nitrogens is 1. The number of halogens is 4. The predicted molar refractivity (Wildman–Crippen MR) is 120 cm³/mol. The van der Waals surface area contributed by atoms with Crippen molar-refractivity contribution < 1.29 is 32.2 Å². The van der Waals surface area contributed by atoms with Gasteiger partial charge in [-0.05, 0) is 29.7 Å². The van der Waals surface area contributed by atoms with Crippen molar-refractivity contribution in [3.63, 3.8) is 0 Å². The number of cyclic esters (lactones) is 1. The first-order valence-electron chi connectivity index (χ1n) is 9.85. The van der Waals surface area contributed by atoms with Crippen molar-refractivity contribution in [1.82, 2.24) is 4.98 Å². The molecule has 0 aliphatic carbocycles. The molecule has 0 bridgehead atoms. The van der Waals surface area contributed by atoms with E-state index in [-0.39, 0.29) is 48.7 Å². The van der Waals surface area contributed by atoms with Crippen molar-refractivity contribution in [2.75, 3.05) is 24.6 Å². The molecule has 3 aromatic rings. The van der Waals surface area contributed by atoms with Crippen LogP contribution in [0, 0.1) is 0 Å². The van der Waals surface area contributed by atoms with Gasteiger partial charge in [-0.15, -0.1) is 12.4 Å². The Morgan fingerprint density at radius 3 is 2.62 bits per heavy atom. The predicted octanol–water partition coefficient (Wildman–Crippen LogP) is 3.46. The van der Waals surface area contributed by atoms with Crippen LogP contribution in [0.4, 0.5) is 23.7 Å². The van der Waals surface area contributed by atoms with E-state index in [0.717, 1.165) is 6.07 Å². The number of anilines is 1. The number of carbonyl (C=O) groups excluding carboxylic acids is 2. The third-order valence-electron chi connectivity index (χ3n) is 5.13. The number of esters is 1. The van der Waals surface area contributed by atoms with Crippen molar-refractivity contribution in [3.05, 3.63) is 64.4 Å². The van der Waals surface area contributed by atoms with Crippen LogP contribution in [0.1, 0.15) is 5.56 Å². The van der Waals surface area contributed by atoms with E-state index in [1.54, 1.807) is 6.07 Å². The van der Waals surface area contributed by atoms with Gasteiger partial charge in [-0.25, -0.2) is 4.79 Å². The number of hydrogen-bond acceptors (Lipinski definition) is 6. The molecule has 3 N–H and O–H groups in total. The molecular formula is C22H19ClF3N3O5. The first-order valence-corrected chi connectivity index (χ1v) is 9.85. The van der Waals surface area contributed by atoms with E-state index in [1.165, 1.54) is 41.3 Å². The highest BCUT2D eigenvalue weighted by molar-refractivity contribution is 5.94. The number of nitrogens with two attached hydrogens (primary N) is 1. The quantitative estimate of drug-likeness (QED) is 0.522. The van der Waals surface area contributed by atoms with Gasteiger partial charge in [0.1, 0.15) is 6.61 Å². The molecule has 1 aliphatic heterocycles. The summed E-state index contributed by atoms with van der Waals surface area (Å²) in [5.41, 5.74) is 3.93. The van der Waals surface area contributed by atoms with Gasteiger partial charge in [0.15, 0.2) is 6.10 Å². The molecule has 1 amide bonds. The van der Waals surface area contributed by atoms with Gasteiger partial charge in [0.2, 0.25) is 0 Å². The number of ether oxygens (including phenoxy) is 2. The molecule has 180 valence electrons. The second-order valence-electron chi connectivity index (χ2n) is 7.33. The highest BCUT2D eigenvalue weighted by Crippen LogP contribution is 2.36. The number of fused-ring (bicyclic) bond motifs is 1. The maximum absolute atomic E-state index is 13.4. The molecule has 0 radical (unpaired) electrons. The summed E-state index contributed by atoms with van der Waals surface area (Å²) in [7, 11) is 0. The number of aromatic nitrogens is 1. The largest absolute Gasteiger partial charge is 0.461 e. The summed E-state index contributed by atoms with van der Waals surface area (Å²) in [6.45, 7) is -0.376. The smallest absolute Gasteiger partial charge is 0.417 e. The van der Waals surface area contributed by atoms with Crippen molar-refractivity contribution in [1.29, 1.82) is 0 Å². The van der Waals surface area contributed by atoms with Crippen LogP contribution in [0.5, 0.6) is 0 Å². The van der Waals surface area contributed by atoms with Crippen molar-refractivity contribution in [2.24, 2.45) is 5.73 Å². The second kappa shape index (κ2) is 9.74. The lowest BCUT2D eigenvalue weighted by molar-refractivity contribution is -0.144. The molecule has 12 heteroatoms. The number of amides is 1. The third kappa shape index (κ3) is 5.00. The number of nitrogens with zero attached hydrogens (tertiary/aromatic N) is 1. The average Bonchev–Trinajstić information content (AvgIpc) is 3.17.